The van der Waals surface area contributed by atoms with E-state index in [1.807, 2.05) is 0 Å². The molecule has 0 aromatic carbocycles. The second-order valence-electron chi connectivity index (χ2n) is 4.13. The molecule has 0 aliphatic carbocycles. The third kappa shape index (κ3) is 1.86. The van der Waals surface area contributed by atoms with E-state index < -0.39 is 29.9 Å². The smallest absolute Gasteiger partial charge is 0.297 e. The van der Waals surface area contributed by atoms with E-state index in [2.05, 4.69) is 4.99 Å². The minimum Gasteiger partial charge on any atom is -0.297 e. The Hall–Kier alpha value is -2.00. The van der Waals surface area contributed by atoms with E-state index in [0.29, 0.717) is 4.90 Å². The van der Waals surface area contributed by atoms with Gasteiger partial charge in [0.25, 0.3) is 0 Å². The maximum Gasteiger partial charge on any atom is 0.441 e. The van der Waals surface area contributed by atoms with E-state index in [1.165, 1.54) is 19.1 Å². The molecule has 2 aliphatic heterocycles. The van der Waals surface area contributed by atoms with Gasteiger partial charge in [0, 0.05) is 6.20 Å². The van der Waals surface area contributed by atoms with E-state index in [4.69, 9.17) is 0 Å². The van der Waals surface area contributed by atoms with Gasteiger partial charge in [0.05, 0.1) is 0 Å². The largest absolute Gasteiger partial charge is 0.441 e. The zero-order valence-corrected chi connectivity index (χ0v) is 9.80. The summed E-state index contributed by atoms with van der Waals surface area (Å²) in [4.78, 5) is 14.9. The molecular formula is C10H7F6N3O. The maximum atomic E-state index is 12.9. The van der Waals surface area contributed by atoms with Crippen molar-refractivity contribution in [1.82, 2.24) is 10.2 Å². The topological polar surface area (TPSA) is 44.7 Å². The van der Waals surface area contributed by atoms with Crippen molar-refractivity contribution in [2.75, 3.05) is 0 Å². The molecule has 0 spiro atoms. The first-order valence-electron chi connectivity index (χ1n) is 5.20. The van der Waals surface area contributed by atoms with Crippen molar-refractivity contribution in [3.05, 3.63) is 23.9 Å². The number of hydrogen-bond donors (Lipinski definition) is 1. The second kappa shape index (κ2) is 4.00. The summed E-state index contributed by atoms with van der Waals surface area (Å²) in [5.74, 6) is -0.689. The van der Waals surface area contributed by atoms with Crippen LogP contribution in [0.2, 0.25) is 0 Å². The first-order chi connectivity index (χ1) is 8.99. The lowest BCUT2D eigenvalue weighted by Crippen LogP contribution is -2.71. The highest BCUT2D eigenvalue weighted by atomic mass is 19.4. The molecule has 0 saturated carbocycles. The first-order valence-corrected chi connectivity index (χ1v) is 5.20. The monoisotopic (exact) mass is 299 g/mol. The van der Waals surface area contributed by atoms with Crippen LogP contribution in [0.15, 0.2) is 28.9 Å². The van der Waals surface area contributed by atoms with Crippen molar-refractivity contribution in [2.45, 2.75) is 24.9 Å². The van der Waals surface area contributed by atoms with E-state index >= 15 is 0 Å². The predicted octanol–water partition coefficient (Wildman–Crippen LogP) is 2.70. The molecular weight excluding hydrogens is 292 g/mol. The number of fused-ring (bicyclic) bond motifs is 1. The van der Waals surface area contributed by atoms with Crippen LogP contribution in [0, 0.1) is 0 Å². The summed E-state index contributed by atoms with van der Waals surface area (Å²) in [5.41, 5.74) is -4.62. The molecule has 110 valence electrons. The van der Waals surface area contributed by atoms with Gasteiger partial charge in [-0.3, -0.25) is 10.2 Å². The Morgan fingerprint density at radius 1 is 1.20 bits per heavy atom. The summed E-state index contributed by atoms with van der Waals surface area (Å²) in [5, 5.41) is 0.901. The number of nitrogens with one attached hydrogen (secondary N) is 1. The maximum absolute atomic E-state index is 12.9. The fourth-order valence-electron chi connectivity index (χ4n) is 1.75. The van der Waals surface area contributed by atoms with Crippen LogP contribution in [0.4, 0.5) is 31.1 Å². The van der Waals surface area contributed by atoms with Gasteiger partial charge in [0.2, 0.25) is 0 Å². The normalized spacial score (nSPS) is 21.9. The lowest BCUT2D eigenvalue weighted by atomic mass is 10.1. The van der Waals surface area contributed by atoms with Crippen LogP contribution in [-0.4, -0.2) is 34.8 Å². The number of rotatable bonds is 0. The Balaban J connectivity index is 2.68. The molecule has 0 bridgehead atoms. The molecule has 0 unspecified atom stereocenters. The number of nitrogens with zero attached hydrogens (tertiary/aromatic N) is 2. The molecule has 20 heavy (non-hydrogen) atoms. The Bertz CT molecular complexity index is 528. The zero-order valence-electron chi connectivity index (χ0n) is 9.80. The summed E-state index contributed by atoms with van der Waals surface area (Å²) in [6, 6.07) is -1.55. The first kappa shape index (κ1) is 14.4. The van der Waals surface area contributed by atoms with Crippen molar-refractivity contribution in [1.29, 1.82) is 0 Å². The molecule has 0 radical (unpaired) electrons. The van der Waals surface area contributed by atoms with Crippen molar-refractivity contribution < 1.29 is 31.1 Å². The number of allylic oxidation sites excluding steroid dienone is 2. The van der Waals surface area contributed by atoms with Crippen LogP contribution >= 0.6 is 0 Å². The number of amides is 2. The molecule has 0 fully saturated rings. The summed E-state index contributed by atoms with van der Waals surface area (Å²) >= 11 is 0. The summed E-state index contributed by atoms with van der Waals surface area (Å²) < 4.78 is 77.1. The van der Waals surface area contributed by atoms with Crippen LogP contribution in [0.5, 0.6) is 0 Å². The second-order valence-corrected chi connectivity index (χ2v) is 4.13. The number of urea groups is 1. The lowest BCUT2D eigenvalue weighted by Gasteiger charge is -2.41. The van der Waals surface area contributed by atoms with E-state index in [0.717, 1.165) is 11.5 Å². The minimum absolute atomic E-state index is 0.0141. The van der Waals surface area contributed by atoms with E-state index in [1.54, 1.807) is 0 Å². The number of amidine groups is 1. The Kier molecular flexibility index (Phi) is 2.88. The average Bonchev–Trinajstić information content (AvgIpc) is 2.27. The molecule has 4 nitrogen and oxygen atoms in total. The molecule has 10 heteroatoms. The van der Waals surface area contributed by atoms with Crippen LogP contribution in [-0.2, 0) is 0 Å². The predicted molar refractivity (Wildman–Crippen MR) is 55.5 cm³/mol. The molecule has 2 heterocycles. The van der Waals surface area contributed by atoms with Crippen LogP contribution in [0.25, 0.3) is 0 Å². The Morgan fingerprint density at radius 3 is 2.25 bits per heavy atom. The third-order valence-electron chi connectivity index (χ3n) is 2.76. The van der Waals surface area contributed by atoms with Gasteiger partial charge in [0.15, 0.2) is 0 Å². The molecule has 2 amide bonds. The SMILES string of the molecule is CC1=CC=CN2C(=O)NC(C(F)(F)F)(C(F)(F)F)N=C12. The lowest BCUT2D eigenvalue weighted by molar-refractivity contribution is -0.302. The number of alkyl halides is 6. The summed E-state index contributed by atoms with van der Waals surface area (Å²) in [7, 11) is 0. The fraction of sp³-hybridized carbons (Fsp3) is 0.400. The van der Waals surface area contributed by atoms with Gasteiger partial charge in [-0.15, -0.1) is 0 Å². The molecule has 1 N–H and O–H groups in total. The highest BCUT2D eigenvalue weighted by molar-refractivity contribution is 6.10. The molecule has 2 aliphatic rings. The van der Waals surface area contributed by atoms with Gasteiger partial charge in [-0.2, -0.15) is 26.3 Å². The Morgan fingerprint density at radius 2 is 1.75 bits per heavy atom. The quantitative estimate of drug-likeness (QED) is 0.687. The number of carbonyl (C=O) groups is 1. The van der Waals surface area contributed by atoms with Crippen molar-refractivity contribution in [3.8, 4) is 0 Å². The molecule has 0 atom stereocenters. The average molecular weight is 299 g/mol. The van der Waals surface area contributed by atoms with Gasteiger partial charge < -0.3 is 0 Å². The number of aliphatic imine (C=N–C) groups is 1. The zero-order chi connectivity index (χ0) is 15.3. The van der Waals surface area contributed by atoms with Crippen molar-refractivity contribution in [3.63, 3.8) is 0 Å². The molecule has 0 aromatic rings. The molecule has 2 rings (SSSR count). The summed E-state index contributed by atoms with van der Waals surface area (Å²) in [6.07, 6.45) is -8.05. The fourth-order valence-corrected chi connectivity index (χ4v) is 1.75. The van der Waals surface area contributed by atoms with E-state index in [-0.39, 0.29) is 5.57 Å². The molecule has 0 saturated heterocycles. The van der Waals surface area contributed by atoms with Gasteiger partial charge in [-0.25, -0.2) is 9.79 Å². The number of halogens is 6. The van der Waals surface area contributed by atoms with E-state index in [9.17, 15) is 31.1 Å². The van der Waals surface area contributed by atoms with Gasteiger partial charge in [-0.1, -0.05) is 6.08 Å². The van der Waals surface area contributed by atoms with Crippen molar-refractivity contribution >= 4 is 11.9 Å². The van der Waals surface area contributed by atoms with Gasteiger partial charge in [-0.05, 0) is 18.6 Å². The highest BCUT2D eigenvalue weighted by Gasteiger charge is 2.74. The molecule has 0 aromatic heterocycles. The van der Waals surface area contributed by atoms with Crippen LogP contribution in [0.1, 0.15) is 6.92 Å². The number of hydrogen-bond acceptors (Lipinski definition) is 2. The van der Waals surface area contributed by atoms with Crippen LogP contribution < -0.4 is 5.32 Å². The van der Waals surface area contributed by atoms with Gasteiger partial charge in [0.1, 0.15) is 5.84 Å². The highest BCUT2D eigenvalue weighted by Crippen LogP contribution is 2.46. The number of carbonyl (C=O) groups excluding carboxylic acids is 1. The minimum atomic E-state index is -5.82. The third-order valence-corrected chi connectivity index (χ3v) is 2.76. The summed E-state index contributed by atoms with van der Waals surface area (Å²) in [6.45, 7) is 1.26. The van der Waals surface area contributed by atoms with Crippen LogP contribution in [0.3, 0.4) is 0 Å². The Labute approximate surface area is 108 Å². The standard InChI is InChI=1S/C10H7F6N3O/c1-5-3-2-4-19-6(5)17-8(9(11,12)13,10(14,15)16)18-7(19)20/h2-4H,1H3,(H,18,20). The van der Waals surface area contributed by atoms with Gasteiger partial charge >= 0.3 is 24.0 Å². The van der Waals surface area contributed by atoms with Crippen molar-refractivity contribution in [2.24, 2.45) is 4.99 Å².